The quantitative estimate of drug-likeness (QED) is 0.908. The average molecular weight is 286 g/mol. The van der Waals surface area contributed by atoms with E-state index >= 15 is 0 Å². The second-order valence-electron chi connectivity index (χ2n) is 2.91. The summed E-state index contributed by atoms with van der Waals surface area (Å²) >= 11 is 4.97. The van der Waals surface area contributed by atoms with Crippen molar-refractivity contribution in [3.63, 3.8) is 0 Å². The Kier molecular flexibility index (Phi) is 3.17. The minimum absolute atomic E-state index is 0.144. The van der Waals surface area contributed by atoms with E-state index in [1.807, 2.05) is 11.4 Å². The Hall–Kier alpha value is -1.14. The first-order valence-electron chi connectivity index (χ1n) is 4.26. The number of hydrogen-bond donors (Lipinski definition) is 2. The lowest BCUT2D eigenvalue weighted by Gasteiger charge is -2.00. The fourth-order valence-corrected chi connectivity index (χ4v) is 2.31. The van der Waals surface area contributed by atoms with Crippen molar-refractivity contribution >= 4 is 33.2 Å². The van der Waals surface area contributed by atoms with Gasteiger partial charge in [0.05, 0.1) is 3.79 Å². The Morgan fingerprint density at radius 1 is 1.67 bits per heavy atom. The van der Waals surface area contributed by atoms with E-state index in [1.165, 1.54) is 0 Å². The smallest absolute Gasteiger partial charge is 0.269 e. The van der Waals surface area contributed by atoms with Crippen LogP contribution in [0.2, 0.25) is 0 Å². The van der Waals surface area contributed by atoms with Crippen LogP contribution in [0.1, 0.15) is 16.1 Å². The molecule has 2 aromatic heterocycles. The largest absolute Gasteiger partial charge is 0.347 e. The Morgan fingerprint density at radius 3 is 3.13 bits per heavy atom. The molecule has 2 rings (SSSR count). The number of aromatic amines is 1. The van der Waals surface area contributed by atoms with E-state index in [2.05, 4.69) is 31.4 Å². The number of rotatable bonds is 3. The lowest BCUT2D eigenvalue weighted by molar-refractivity contribution is 0.0946. The number of thiophene rings is 1. The first-order chi connectivity index (χ1) is 7.25. The standard InChI is InChI=1S/C9H8BrN3OS/c10-8-3-6(5-15-8)4-11-9(14)7-1-2-12-13-7/h1-3,5H,4H2,(H,11,14)(H,12,13). The van der Waals surface area contributed by atoms with Crippen LogP contribution in [0.3, 0.4) is 0 Å². The second-order valence-corrected chi connectivity index (χ2v) is 5.20. The molecule has 0 spiro atoms. The predicted octanol–water partition coefficient (Wildman–Crippen LogP) is 2.16. The molecule has 0 unspecified atom stereocenters. The van der Waals surface area contributed by atoms with Crippen LogP contribution >= 0.6 is 27.3 Å². The summed E-state index contributed by atoms with van der Waals surface area (Å²) in [5.41, 5.74) is 1.56. The van der Waals surface area contributed by atoms with Crippen molar-refractivity contribution in [2.24, 2.45) is 0 Å². The molecule has 2 aromatic rings. The molecule has 0 aliphatic rings. The number of aromatic nitrogens is 2. The normalized spacial score (nSPS) is 10.2. The van der Waals surface area contributed by atoms with Gasteiger partial charge < -0.3 is 5.32 Å². The van der Waals surface area contributed by atoms with E-state index in [4.69, 9.17) is 0 Å². The molecule has 1 amide bonds. The van der Waals surface area contributed by atoms with Crippen molar-refractivity contribution in [3.05, 3.63) is 38.8 Å². The molecule has 6 heteroatoms. The Bertz CT molecular complexity index is 452. The van der Waals surface area contributed by atoms with Crippen molar-refractivity contribution < 1.29 is 4.79 Å². The lowest BCUT2D eigenvalue weighted by atomic mass is 10.3. The molecule has 0 radical (unpaired) electrons. The third-order valence-electron chi connectivity index (χ3n) is 1.82. The van der Waals surface area contributed by atoms with Gasteiger partial charge in [0, 0.05) is 12.7 Å². The van der Waals surface area contributed by atoms with Crippen molar-refractivity contribution in [2.75, 3.05) is 0 Å². The topological polar surface area (TPSA) is 57.8 Å². The first kappa shape index (κ1) is 10.4. The molecule has 15 heavy (non-hydrogen) atoms. The highest BCUT2D eigenvalue weighted by molar-refractivity contribution is 9.11. The number of nitrogens with one attached hydrogen (secondary N) is 2. The molecule has 0 saturated heterocycles. The molecule has 0 bridgehead atoms. The third kappa shape index (κ3) is 2.66. The zero-order chi connectivity index (χ0) is 10.7. The molecule has 0 fully saturated rings. The summed E-state index contributed by atoms with van der Waals surface area (Å²) in [4.78, 5) is 11.5. The lowest BCUT2D eigenvalue weighted by Crippen LogP contribution is -2.22. The Labute approximate surface area is 98.8 Å². The van der Waals surface area contributed by atoms with Gasteiger partial charge in [-0.1, -0.05) is 0 Å². The van der Waals surface area contributed by atoms with Crippen molar-refractivity contribution in [3.8, 4) is 0 Å². The summed E-state index contributed by atoms with van der Waals surface area (Å²) in [7, 11) is 0. The van der Waals surface area contributed by atoms with Crippen LogP contribution < -0.4 is 5.32 Å². The summed E-state index contributed by atoms with van der Waals surface area (Å²) in [6.07, 6.45) is 1.55. The van der Waals surface area contributed by atoms with Crippen LogP contribution in [0, 0.1) is 0 Å². The van der Waals surface area contributed by atoms with Crippen LogP contribution in [0.5, 0.6) is 0 Å². The van der Waals surface area contributed by atoms with E-state index in [0.29, 0.717) is 12.2 Å². The van der Waals surface area contributed by atoms with Crippen molar-refractivity contribution in [1.29, 1.82) is 0 Å². The molecule has 0 aliphatic carbocycles. The SMILES string of the molecule is O=C(NCc1csc(Br)c1)c1ccn[nH]1. The fourth-order valence-electron chi connectivity index (χ4n) is 1.10. The summed E-state index contributed by atoms with van der Waals surface area (Å²) in [5.74, 6) is -0.144. The molecule has 0 aliphatic heterocycles. The zero-order valence-corrected chi connectivity index (χ0v) is 10.1. The molecule has 4 nitrogen and oxygen atoms in total. The number of hydrogen-bond acceptors (Lipinski definition) is 3. The highest BCUT2D eigenvalue weighted by atomic mass is 79.9. The van der Waals surface area contributed by atoms with E-state index < -0.39 is 0 Å². The van der Waals surface area contributed by atoms with Gasteiger partial charge in [0.1, 0.15) is 5.69 Å². The van der Waals surface area contributed by atoms with E-state index in [9.17, 15) is 4.79 Å². The maximum absolute atomic E-state index is 11.5. The fraction of sp³-hybridized carbons (Fsp3) is 0.111. The van der Waals surface area contributed by atoms with Gasteiger partial charge in [-0.25, -0.2) is 0 Å². The Balaban J connectivity index is 1.91. The van der Waals surface area contributed by atoms with Crippen LogP contribution in [0.15, 0.2) is 27.5 Å². The van der Waals surface area contributed by atoms with Gasteiger partial charge in [0.2, 0.25) is 0 Å². The molecule has 2 heterocycles. The van der Waals surface area contributed by atoms with Gasteiger partial charge in [-0.15, -0.1) is 11.3 Å². The van der Waals surface area contributed by atoms with Crippen LogP contribution in [0.4, 0.5) is 0 Å². The third-order valence-corrected chi connectivity index (χ3v) is 3.37. The number of amides is 1. The number of H-pyrrole nitrogens is 1. The summed E-state index contributed by atoms with van der Waals surface area (Å²) in [6, 6.07) is 3.62. The zero-order valence-electron chi connectivity index (χ0n) is 7.66. The number of nitrogens with zero attached hydrogens (tertiary/aromatic N) is 1. The monoisotopic (exact) mass is 285 g/mol. The van der Waals surface area contributed by atoms with E-state index in [0.717, 1.165) is 9.35 Å². The van der Waals surface area contributed by atoms with Gasteiger partial charge in [-0.3, -0.25) is 9.89 Å². The van der Waals surface area contributed by atoms with Gasteiger partial charge in [-0.2, -0.15) is 5.10 Å². The van der Waals surface area contributed by atoms with Crippen molar-refractivity contribution in [1.82, 2.24) is 15.5 Å². The highest BCUT2D eigenvalue weighted by Gasteiger charge is 2.06. The molecule has 0 aromatic carbocycles. The molecule has 2 N–H and O–H groups in total. The van der Waals surface area contributed by atoms with E-state index in [-0.39, 0.29) is 5.91 Å². The van der Waals surface area contributed by atoms with Gasteiger partial charge in [-0.05, 0) is 39.0 Å². The van der Waals surface area contributed by atoms with E-state index in [1.54, 1.807) is 23.6 Å². The molecular weight excluding hydrogens is 278 g/mol. The maximum atomic E-state index is 11.5. The second kappa shape index (κ2) is 4.59. The van der Waals surface area contributed by atoms with Crippen molar-refractivity contribution in [2.45, 2.75) is 6.54 Å². The Morgan fingerprint density at radius 2 is 2.53 bits per heavy atom. The number of carbonyl (C=O) groups is 1. The predicted molar refractivity (Wildman–Crippen MR) is 61.8 cm³/mol. The number of carbonyl (C=O) groups excluding carboxylic acids is 1. The minimum Gasteiger partial charge on any atom is -0.347 e. The maximum Gasteiger partial charge on any atom is 0.269 e. The number of halogens is 1. The molecule has 0 atom stereocenters. The van der Waals surface area contributed by atoms with Crippen LogP contribution in [-0.4, -0.2) is 16.1 Å². The van der Waals surface area contributed by atoms with Gasteiger partial charge in [0.15, 0.2) is 0 Å². The summed E-state index contributed by atoms with van der Waals surface area (Å²) < 4.78 is 1.06. The summed E-state index contributed by atoms with van der Waals surface area (Å²) in [5, 5.41) is 11.1. The summed E-state index contributed by atoms with van der Waals surface area (Å²) in [6.45, 7) is 0.528. The molecule has 78 valence electrons. The van der Waals surface area contributed by atoms with Gasteiger partial charge in [0.25, 0.3) is 5.91 Å². The van der Waals surface area contributed by atoms with Gasteiger partial charge >= 0.3 is 0 Å². The molecule has 0 saturated carbocycles. The minimum atomic E-state index is -0.144. The van der Waals surface area contributed by atoms with Crippen LogP contribution in [-0.2, 0) is 6.54 Å². The molecular formula is C9H8BrN3OS. The average Bonchev–Trinajstić information content (AvgIpc) is 2.84. The van der Waals surface area contributed by atoms with Crippen LogP contribution in [0.25, 0.3) is 0 Å². The highest BCUT2D eigenvalue weighted by Crippen LogP contribution is 2.20. The first-order valence-corrected chi connectivity index (χ1v) is 5.93.